The molecule has 0 spiro atoms. The van der Waals surface area contributed by atoms with Gasteiger partial charge in [0.1, 0.15) is 5.82 Å². The van der Waals surface area contributed by atoms with E-state index in [1.165, 1.54) is 0 Å². The monoisotopic (exact) mass is 251 g/mol. The van der Waals surface area contributed by atoms with Gasteiger partial charge in [0.2, 0.25) is 0 Å². The summed E-state index contributed by atoms with van der Waals surface area (Å²) in [4.78, 5) is 4.68. The van der Waals surface area contributed by atoms with Crippen LogP contribution < -0.4 is 5.73 Å². The Labute approximate surface area is 107 Å². The zero-order valence-corrected chi connectivity index (χ0v) is 11.0. The molecule has 0 bridgehead atoms. The molecular weight excluding hydrogens is 234 g/mol. The van der Waals surface area contributed by atoms with Crippen LogP contribution in [0.1, 0.15) is 32.0 Å². The minimum absolute atomic E-state index is 0.320. The first-order chi connectivity index (χ1) is 8.21. The molecule has 0 saturated heterocycles. The fourth-order valence-corrected chi connectivity index (χ4v) is 2.39. The molecule has 0 aliphatic rings. The van der Waals surface area contributed by atoms with E-state index in [-0.39, 0.29) is 0 Å². The van der Waals surface area contributed by atoms with Gasteiger partial charge in [0.25, 0.3) is 0 Å². The van der Waals surface area contributed by atoms with Gasteiger partial charge in [-0.25, -0.2) is 4.98 Å². The maximum atomic E-state index is 6.00. The number of aryl methyl sites for hydroxylation is 1. The highest BCUT2D eigenvalue weighted by Gasteiger charge is 2.16. The Balaban J connectivity index is 2.62. The topological polar surface area (TPSA) is 43.8 Å². The average Bonchev–Trinajstić information content (AvgIpc) is 2.68. The molecule has 0 radical (unpaired) electrons. The van der Waals surface area contributed by atoms with Crippen LogP contribution in [0.2, 0.25) is 5.02 Å². The van der Waals surface area contributed by atoms with Gasteiger partial charge in [-0.05, 0) is 31.5 Å². The van der Waals surface area contributed by atoms with Crippen LogP contribution in [-0.2, 0) is 6.54 Å². The third-order valence-corrected chi connectivity index (χ3v) is 3.43. The lowest BCUT2D eigenvalue weighted by Crippen LogP contribution is -2.16. The number of benzene rings is 1. The van der Waals surface area contributed by atoms with Crippen molar-refractivity contribution in [1.82, 2.24) is 9.55 Å². The van der Waals surface area contributed by atoms with E-state index in [4.69, 9.17) is 17.3 Å². The maximum Gasteiger partial charge on any atom is 0.114 e. The van der Waals surface area contributed by atoms with Crippen molar-refractivity contribution in [2.24, 2.45) is 5.73 Å². The SMILES string of the molecule is CCC(CN)c1nc2cc(Cl)ccc2n1CC. The molecule has 2 rings (SSSR count). The van der Waals surface area contributed by atoms with Crippen molar-refractivity contribution in [3.8, 4) is 0 Å². The number of halogens is 1. The summed E-state index contributed by atoms with van der Waals surface area (Å²) in [7, 11) is 0. The van der Waals surface area contributed by atoms with Crippen LogP contribution in [0.15, 0.2) is 18.2 Å². The van der Waals surface area contributed by atoms with Crippen LogP contribution in [-0.4, -0.2) is 16.1 Å². The predicted octanol–water partition coefficient (Wildman–Crippen LogP) is 3.16. The molecule has 17 heavy (non-hydrogen) atoms. The van der Waals surface area contributed by atoms with Crippen molar-refractivity contribution in [2.75, 3.05) is 6.54 Å². The summed E-state index contributed by atoms with van der Waals surface area (Å²) in [6.07, 6.45) is 1.01. The number of nitrogens with two attached hydrogens (primary N) is 1. The smallest absolute Gasteiger partial charge is 0.114 e. The molecule has 1 unspecified atom stereocenters. The Hall–Kier alpha value is -1.06. The van der Waals surface area contributed by atoms with Crippen molar-refractivity contribution in [1.29, 1.82) is 0 Å². The Kier molecular flexibility index (Phi) is 3.69. The van der Waals surface area contributed by atoms with E-state index < -0.39 is 0 Å². The summed E-state index contributed by atoms with van der Waals surface area (Å²) < 4.78 is 2.23. The molecule has 2 aromatic rings. The van der Waals surface area contributed by atoms with Crippen LogP contribution in [0.4, 0.5) is 0 Å². The summed E-state index contributed by atoms with van der Waals surface area (Å²) >= 11 is 6.00. The molecule has 92 valence electrons. The van der Waals surface area contributed by atoms with Crippen LogP contribution in [0.3, 0.4) is 0 Å². The third kappa shape index (κ3) is 2.17. The highest BCUT2D eigenvalue weighted by Crippen LogP contribution is 2.25. The minimum Gasteiger partial charge on any atom is -0.330 e. The highest BCUT2D eigenvalue weighted by molar-refractivity contribution is 6.31. The molecule has 4 heteroatoms. The van der Waals surface area contributed by atoms with Crippen molar-refractivity contribution < 1.29 is 0 Å². The largest absolute Gasteiger partial charge is 0.330 e. The van der Waals surface area contributed by atoms with E-state index in [2.05, 4.69) is 23.4 Å². The van der Waals surface area contributed by atoms with E-state index in [1.807, 2.05) is 18.2 Å². The second kappa shape index (κ2) is 5.07. The normalized spacial score (nSPS) is 13.2. The average molecular weight is 252 g/mol. The third-order valence-electron chi connectivity index (χ3n) is 3.20. The molecule has 1 aromatic carbocycles. The van der Waals surface area contributed by atoms with Crippen molar-refractivity contribution >= 4 is 22.6 Å². The van der Waals surface area contributed by atoms with E-state index in [9.17, 15) is 0 Å². The summed E-state index contributed by atoms with van der Waals surface area (Å²) in [5.41, 5.74) is 7.91. The Morgan fingerprint density at radius 2 is 2.18 bits per heavy atom. The fraction of sp³-hybridized carbons (Fsp3) is 0.462. The number of hydrogen-bond acceptors (Lipinski definition) is 2. The lowest BCUT2D eigenvalue weighted by molar-refractivity contribution is 0.586. The number of hydrogen-bond donors (Lipinski definition) is 1. The predicted molar refractivity (Wildman–Crippen MR) is 72.5 cm³/mol. The molecule has 2 N–H and O–H groups in total. The summed E-state index contributed by atoms with van der Waals surface area (Å²) in [5, 5.41) is 0.727. The van der Waals surface area contributed by atoms with E-state index in [0.717, 1.165) is 34.8 Å². The molecular formula is C13H18ClN3. The first-order valence-electron chi connectivity index (χ1n) is 6.07. The number of fused-ring (bicyclic) bond motifs is 1. The molecule has 1 atom stereocenters. The standard InChI is InChI=1S/C13H18ClN3/c1-3-9(8-15)13-16-11-7-10(14)5-6-12(11)17(13)4-2/h5-7,9H,3-4,8,15H2,1-2H3. The van der Waals surface area contributed by atoms with E-state index in [1.54, 1.807) is 0 Å². The van der Waals surface area contributed by atoms with Crippen LogP contribution in [0.25, 0.3) is 11.0 Å². The number of aromatic nitrogens is 2. The second-order valence-electron chi connectivity index (χ2n) is 4.19. The first kappa shape index (κ1) is 12.4. The molecule has 0 aliphatic carbocycles. The lowest BCUT2D eigenvalue weighted by Gasteiger charge is -2.13. The van der Waals surface area contributed by atoms with Crippen molar-refractivity contribution in [3.63, 3.8) is 0 Å². The van der Waals surface area contributed by atoms with E-state index >= 15 is 0 Å². The van der Waals surface area contributed by atoms with Crippen molar-refractivity contribution in [3.05, 3.63) is 29.0 Å². The maximum absolute atomic E-state index is 6.00. The number of rotatable bonds is 4. The van der Waals surface area contributed by atoms with Crippen LogP contribution in [0.5, 0.6) is 0 Å². The summed E-state index contributed by atoms with van der Waals surface area (Å²) in [6, 6.07) is 5.85. The lowest BCUT2D eigenvalue weighted by atomic mass is 10.1. The molecule has 0 saturated carbocycles. The van der Waals surface area contributed by atoms with Gasteiger partial charge in [-0.15, -0.1) is 0 Å². The van der Waals surface area contributed by atoms with E-state index in [0.29, 0.717) is 12.5 Å². The van der Waals surface area contributed by atoms with Crippen LogP contribution >= 0.6 is 11.6 Å². The van der Waals surface area contributed by atoms with Crippen LogP contribution in [0, 0.1) is 0 Å². The molecule has 1 aromatic heterocycles. The fourth-order valence-electron chi connectivity index (χ4n) is 2.22. The molecule has 0 fully saturated rings. The highest BCUT2D eigenvalue weighted by atomic mass is 35.5. The summed E-state index contributed by atoms with van der Waals surface area (Å²) in [6.45, 7) is 5.81. The Morgan fingerprint density at radius 3 is 2.76 bits per heavy atom. The molecule has 0 aliphatic heterocycles. The van der Waals surface area contributed by atoms with Gasteiger partial charge in [0.05, 0.1) is 11.0 Å². The van der Waals surface area contributed by atoms with Gasteiger partial charge < -0.3 is 10.3 Å². The molecule has 3 nitrogen and oxygen atoms in total. The number of nitrogens with zero attached hydrogens (tertiary/aromatic N) is 2. The number of imidazole rings is 1. The van der Waals surface area contributed by atoms with Gasteiger partial charge >= 0.3 is 0 Å². The quantitative estimate of drug-likeness (QED) is 0.907. The Bertz CT molecular complexity index is 515. The minimum atomic E-state index is 0.320. The Morgan fingerprint density at radius 1 is 1.41 bits per heavy atom. The van der Waals surface area contributed by atoms with Gasteiger partial charge in [0.15, 0.2) is 0 Å². The molecule has 0 amide bonds. The van der Waals surface area contributed by atoms with Crippen molar-refractivity contribution in [2.45, 2.75) is 32.7 Å². The zero-order valence-electron chi connectivity index (χ0n) is 10.3. The summed E-state index contributed by atoms with van der Waals surface area (Å²) in [5.74, 6) is 1.40. The first-order valence-corrected chi connectivity index (χ1v) is 6.44. The van der Waals surface area contributed by atoms with Gasteiger partial charge in [-0.2, -0.15) is 0 Å². The molecule has 1 heterocycles. The van der Waals surface area contributed by atoms with Gasteiger partial charge in [-0.3, -0.25) is 0 Å². The van der Waals surface area contributed by atoms with Gasteiger partial charge in [-0.1, -0.05) is 18.5 Å². The van der Waals surface area contributed by atoms with Gasteiger partial charge in [0, 0.05) is 24.0 Å². The zero-order chi connectivity index (χ0) is 12.4. The second-order valence-corrected chi connectivity index (χ2v) is 4.62.